The molecule has 1 aliphatic carbocycles. The van der Waals surface area contributed by atoms with Crippen LogP contribution in [-0.2, 0) is 6.42 Å². The van der Waals surface area contributed by atoms with Crippen molar-refractivity contribution in [3.05, 3.63) is 18.3 Å². The van der Waals surface area contributed by atoms with Crippen molar-refractivity contribution in [3.8, 4) is 11.6 Å². The van der Waals surface area contributed by atoms with Crippen LogP contribution in [0.15, 0.2) is 16.9 Å². The van der Waals surface area contributed by atoms with Crippen molar-refractivity contribution in [1.29, 1.82) is 0 Å². The molecule has 6 nitrogen and oxygen atoms in total. The van der Waals surface area contributed by atoms with Gasteiger partial charge in [-0.05, 0) is 31.7 Å². The summed E-state index contributed by atoms with van der Waals surface area (Å²) in [4.78, 5) is 11.5. The van der Waals surface area contributed by atoms with Gasteiger partial charge in [0.15, 0.2) is 5.82 Å². The standard InChI is InChI=1S/C13H19N5O/c1-2-5-14-10(9-3-4-9)8-11-17-13(18-19-11)12-15-6-7-16-12/h6-7,9-10,14H,2-5,8H2,1H3,(H,15,16). The topological polar surface area (TPSA) is 79.6 Å². The summed E-state index contributed by atoms with van der Waals surface area (Å²) < 4.78 is 5.32. The van der Waals surface area contributed by atoms with Gasteiger partial charge in [-0.25, -0.2) is 4.98 Å². The Bertz CT molecular complexity index is 503. The molecule has 102 valence electrons. The van der Waals surface area contributed by atoms with Crippen LogP contribution >= 0.6 is 0 Å². The van der Waals surface area contributed by atoms with Crippen LogP contribution in [0, 0.1) is 5.92 Å². The largest absolute Gasteiger partial charge is 0.342 e. The lowest BCUT2D eigenvalue weighted by molar-refractivity contribution is 0.346. The molecule has 0 saturated heterocycles. The number of nitrogens with zero attached hydrogens (tertiary/aromatic N) is 3. The van der Waals surface area contributed by atoms with Gasteiger partial charge >= 0.3 is 0 Å². The monoisotopic (exact) mass is 261 g/mol. The normalized spacial score (nSPS) is 16.7. The molecule has 1 fully saturated rings. The van der Waals surface area contributed by atoms with Crippen LogP contribution in [-0.4, -0.2) is 32.7 Å². The van der Waals surface area contributed by atoms with Crippen molar-refractivity contribution in [2.75, 3.05) is 6.54 Å². The van der Waals surface area contributed by atoms with Gasteiger partial charge in [0, 0.05) is 24.9 Å². The third kappa shape index (κ3) is 3.01. The minimum Gasteiger partial charge on any atom is -0.342 e. The van der Waals surface area contributed by atoms with Gasteiger partial charge in [-0.15, -0.1) is 0 Å². The molecule has 6 heteroatoms. The van der Waals surface area contributed by atoms with Crippen LogP contribution < -0.4 is 5.32 Å². The maximum Gasteiger partial charge on any atom is 0.238 e. The molecule has 1 saturated carbocycles. The highest BCUT2D eigenvalue weighted by atomic mass is 16.5. The Hall–Kier alpha value is -1.69. The number of rotatable bonds is 7. The lowest BCUT2D eigenvalue weighted by Gasteiger charge is -2.15. The van der Waals surface area contributed by atoms with E-state index in [1.54, 1.807) is 12.4 Å². The first-order valence-electron chi connectivity index (χ1n) is 6.92. The first-order chi connectivity index (χ1) is 9.36. The van der Waals surface area contributed by atoms with Crippen LogP contribution in [0.5, 0.6) is 0 Å². The summed E-state index contributed by atoms with van der Waals surface area (Å²) in [5, 5.41) is 7.54. The zero-order valence-electron chi connectivity index (χ0n) is 11.1. The second-order valence-electron chi connectivity index (χ2n) is 5.05. The molecule has 2 aromatic rings. The number of H-pyrrole nitrogens is 1. The second kappa shape index (κ2) is 5.52. The molecule has 0 aromatic carbocycles. The van der Waals surface area contributed by atoms with Gasteiger partial charge in [0.05, 0.1) is 0 Å². The lowest BCUT2D eigenvalue weighted by Crippen LogP contribution is -2.33. The van der Waals surface area contributed by atoms with Crippen molar-refractivity contribution in [2.24, 2.45) is 5.92 Å². The van der Waals surface area contributed by atoms with Gasteiger partial charge < -0.3 is 14.8 Å². The van der Waals surface area contributed by atoms with E-state index in [1.165, 1.54) is 12.8 Å². The summed E-state index contributed by atoms with van der Waals surface area (Å²) in [6.45, 7) is 3.22. The van der Waals surface area contributed by atoms with E-state index in [1.807, 2.05) is 0 Å². The van der Waals surface area contributed by atoms with Crippen molar-refractivity contribution < 1.29 is 4.52 Å². The fraction of sp³-hybridized carbons (Fsp3) is 0.615. The highest BCUT2D eigenvalue weighted by Gasteiger charge is 2.32. The maximum absolute atomic E-state index is 5.32. The molecule has 0 amide bonds. The molecular weight excluding hydrogens is 242 g/mol. The van der Waals surface area contributed by atoms with Crippen LogP contribution in [0.25, 0.3) is 11.6 Å². The van der Waals surface area contributed by atoms with Crippen molar-refractivity contribution in [3.63, 3.8) is 0 Å². The molecule has 1 unspecified atom stereocenters. The minimum atomic E-state index is 0.463. The number of hydrogen-bond acceptors (Lipinski definition) is 5. The van der Waals surface area contributed by atoms with E-state index in [4.69, 9.17) is 4.52 Å². The van der Waals surface area contributed by atoms with Gasteiger partial charge in [-0.3, -0.25) is 0 Å². The summed E-state index contributed by atoms with van der Waals surface area (Å²) in [6, 6.07) is 0.463. The smallest absolute Gasteiger partial charge is 0.238 e. The zero-order chi connectivity index (χ0) is 13.1. The predicted molar refractivity (Wildman–Crippen MR) is 70.4 cm³/mol. The van der Waals surface area contributed by atoms with Crippen LogP contribution in [0.4, 0.5) is 0 Å². The average molecular weight is 261 g/mol. The van der Waals surface area contributed by atoms with Gasteiger partial charge in [0.25, 0.3) is 0 Å². The highest BCUT2D eigenvalue weighted by Crippen LogP contribution is 2.34. The van der Waals surface area contributed by atoms with Gasteiger partial charge in [-0.1, -0.05) is 12.1 Å². The summed E-state index contributed by atoms with van der Waals surface area (Å²) in [6.07, 6.45) is 7.99. The molecular formula is C13H19N5O. The average Bonchev–Trinajstić information content (AvgIpc) is 2.93. The van der Waals surface area contributed by atoms with E-state index in [-0.39, 0.29) is 0 Å². The van der Waals surface area contributed by atoms with Crippen LogP contribution in [0.2, 0.25) is 0 Å². The first kappa shape index (κ1) is 12.3. The van der Waals surface area contributed by atoms with E-state index in [0.717, 1.165) is 25.3 Å². The Kier molecular flexibility index (Phi) is 3.59. The molecule has 0 spiro atoms. The summed E-state index contributed by atoms with van der Waals surface area (Å²) >= 11 is 0. The SMILES string of the molecule is CCCNC(Cc1nc(-c2ncc[nH]2)no1)C1CC1. The number of nitrogens with one attached hydrogen (secondary N) is 2. The lowest BCUT2D eigenvalue weighted by atomic mass is 10.1. The minimum absolute atomic E-state index is 0.463. The fourth-order valence-corrected chi connectivity index (χ4v) is 2.24. The Morgan fingerprint density at radius 3 is 3.11 bits per heavy atom. The van der Waals surface area contributed by atoms with E-state index >= 15 is 0 Å². The summed E-state index contributed by atoms with van der Waals surface area (Å²) in [5.74, 6) is 2.64. The zero-order valence-corrected chi connectivity index (χ0v) is 11.1. The summed E-state index contributed by atoms with van der Waals surface area (Å²) in [5.41, 5.74) is 0. The molecule has 2 heterocycles. The van der Waals surface area contributed by atoms with Crippen molar-refractivity contribution in [1.82, 2.24) is 25.4 Å². The number of imidazole rings is 1. The Labute approximate surface area is 112 Å². The second-order valence-corrected chi connectivity index (χ2v) is 5.05. The number of aromatic amines is 1. The van der Waals surface area contributed by atoms with Gasteiger partial charge in [-0.2, -0.15) is 4.98 Å². The first-order valence-corrected chi connectivity index (χ1v) is 6.92. The van der Waals surface area contributed by atoms with E-state index in [0.29, 0.717) is 23.6 Å². The fourth-order valence-electron chi connectivity index (χ4n) is 2.24. The molecule has 19 heavy (non-hydrogen) atoms. The third-order valence-corrected chi connectivity index (χ3v) is 3.42. The van der Waals surface area contributed by atoms with Crippen LogP contribution in [0.1, 0.15) is 32.1 Å². The van der Waals surface area contributed by atoms with Gasteiger partial charge in [0.1, 0.15) is 0 Å². The van der Waals surface area contributed by atoms with E-state index in [2.05, 4.69) is 32.3 Å². The Morgan fingerprint density at radius 1 is 1.53 bits per heavy atom. The molecule has 2 aromatic heterocycles. The molecule has 0 aliphatic heterocycles. The molecule has 0 bridgehead atoms. The molecule has 2 N–H and O–H groups in total. The Balaban J connectivity index is 1.65. The van der Waals surface area contributed by atoms with Crippen molar-refractivity contribution in [2.45, 2.75) is 38.6 Å². The van der Waals surface area contributed by atoms with E-state index < -0.39 is 0 Å². The van der Waals surface area contributed by atoms with Crippen LogP contribution in [0.3, 0.4) is 0 Å². The molecule has 1 aliphatic rings. The van der Waals surface area contributed by atoms with Gasteiger partial charge in [0.2, 0.25) is 11.7 Å². The summed E-state index contributed by atoms with van der Waals surface area (Å²) in [7, 11) is 0. The molecule has 3 rings (SSSR count). The Morgan fingerprint density at radius 2 is 2.42 bits per heavy atom. The maximum atomic E-state index is 5.32. The predicted octanol–water partition coefficient (Wildman–Crippen LogP) is 1.78. The third-order valence-electron chi connectivity index (χ3n) is 3.42. The quantitative estimate of drug-likeness (QED) is 0.794. The molecule has 1 atom stereocenters. The number of hydrogen-bond donors (Lipinski definition) is 2. The highest BCUT2D eigenvalue weighted by molar-refractivity contribution is 5.40. The number of aromatic nitrogens is 4. The molecule has 0 radical (unpaired) electrons. The van der Waals surface area contributed by atoms with E-state index in [9.17, 15) is 0 Å². The van der Waals surface area contributed by atoms with Crippen molar-refractivity contribution >= 4 is 0 Å².